The first kappa shape index (κ1) is 18.6. The number of amides is 1. The highest BCUT2D eigenvalue weighted by atomic mass is 32.2. The van der Waals surface area contributed by atoms with Gasteiger partial charge in [-0.05, 0) is 51.3 Å². The molecule has 0 saturated carbocycles. The van der Waals surface area contributed by atoms with Gasteiger partial charge in [-0.15, -0.1) is 0 Å². The lowest BCUT2D eigenvalue weighted by molar-refractivity contribution is 0.117. The number of sulfonamides is 1. The minimum atomic E-state index is -3.80. The summed E-state index contributed by atoms with van der Waals surface area (Å²) >= 11 is 0. The number of hydrogen-bond acceptors (Lipinski definition) is 5. The van der Waals surface area contributed by atoms with Gasteiger partial charge in [0.2, 0.25) is 0 Å². The Bertz CT molecular complexity index is 705. The number of carboxylic acid groups (broad SMARTS) is 1. The van der Waals surface area contributed by atoms with Crippen molar-refractivity contribution in [3.8, 4) is 0 Å². The highest BCUT2D eigenvalue weighted by molar-refractivity contribution is 7.89. The second kappa shape index (κ2) is 7.04. The molecule has 4 N–H and O–H groups in total. The second-order valence-electron chi connectivity index (χ2n) is 6.75. The molecule has 0 spiro atoms. The topological polar surface area (TPSA) is 126 Å². The van der Waals surface area contributed by atoms with Crippen LogP contribution in [0.15, 0.2) is 23.2 Å². The monoisotopic (exact) mass is 356 g/mol. The maximum atomic E-state index is 11.3. The first-order chi connectivity index (χ1) is 11.1. The van der Waals surface area contributed by atoms with Crippen LogP contribution in [-0.4, -0.2) is 48.1 Å². The zero-order chi connectivity index (χ0) is 18.0. The first-order valence-electron chi connectivity index (χ1n) is 7.79. The lowest BCUT2D eigenvalue weighted by Gasteiger charge is -2.28. The molecule has 0 radical (unpaired) electrons. The van der Waals surface area contributed by atoms with Crippen molar-refractivity contribution in [1.82, 2.24) is 15.2 Å². The van der Waals surface area contributed by atoms with Gasteiger partial charge in [0.25, 0.3) is 10.0 Å². The van der Waals surface area contributed by atoms with E-state index in [1.54, 1.807) is 12.1 Å². The number of aromatic nitrogens is 1. The third kappa shape index (κ3) is 4.65. The van der Waals surface area contributed by atoms with Crippen molar-refractivity contribution in [3.63, 3.8) is 0 Å². The Kier molecular flexibility index (Phi) is 5.46. The van der Waals surface area contributed by atoms with Crippen LogP contribution in [0, 0.1) is 5.92 Å². The predicted molar refractivity (Wildman–Crippen MR) is 88.9 cm³/mol. The van der Waals surface area contributed by atoms with Gasteiger partial charge in [-0.2, -0.15) is 0 Å². The Morgan fingerprint density at radius 2 is 2.21 bits per heavy atom. The van der Waals surface area contributed by atoms with E-state index in [1.807, 2.05) is 13.8 Å². The Balaban J connectivity index is 1.81. The van der Waals surface area contributed by atoms with E-state index in [4.69, 9.17) is 5.14 Å². The number of hydrogen-bond donors (Lipinski definition) is 3. The van der Waals surface area contributed by atoms with Crippen LogP contribution >= 0.6 is 0 Å². The van der Waals surface area contributed by atoms with Crippen LogP contribution in [-0.2, 0) is 16.6 Å². The molecular formula is C15H24N4O4S. The molecule has 0 aromatic carbocycles. The Morgan fingerprint density at radius 1 is 1.50 bits per heavy atom. The predicted octanol–water partition coefficient (Wildman–Crippen LogP) is 0.987. The van der Waals surface area contributed by atoms with Crippen molar-refractivity contribution in [3.05, 3.63) is 23.9 Å². The van der Waals surface area contributed by atoms with Crippen LogP contribution in [0.3, 0.4) is 0 Å². The number of nitrogens with two attached hydrogens (primary N) is 1. The zero-order valence-corrected chi connectivity index (χ0v) is 14.7. The normalized spacial score (nSPS) is 20.3. The van der Waals surface area contributed by atoms with Gasteiger partial charge in [-0.25, -0.2) is 23.3 Å². The lowest BCUT2D eigenvalue weighted by atomic mass is 9.94. The van der Waals surface area contributed by atoms with Crippen molar-refractivity contribution in [1.29, 1.82) is 0 Å². The van der Waals surface area contributed by atoms with Gasteiger partial charge in [-0.3, -0.25) is 0 Å². The van der Waals surface area contributed by atoms with Crippen LogP contribution in [0.2, 0.25) is 0 Å². The van der Waals surface area contributed by atoms with Crippen molar-refractivity contribution in [2.75, 3.05) is 13.1 Å². The van der Waals surface area contributed by atoms with E-state index in [0.717, 1.165) is 12.8 Å². The van der Waals surface area contributed by atoms with E-state index in [9.17, 15) is 18.3 Å². The summed E-state index contributed by atoms with van der Waals surface area (Å²) in [7, 11) is -3.80. The van der Waals surface area contributed by atoms with Gasteiger partial charge < -0.3 is 15.3 Å². The molecule has 134 valence electrons. The molecule has 1 fully saturated rings. The average Bonchev–Trinajstić information content (AvgIpc) is 2.78. The molecule has 9 heteroatoms. The standard InChI is InChI=1S/C15H24N4O4S/c1-15(2)8-11(10-19(15)14(20)21)6-7-17-9-12-4-3-5-13(18-12)24(16,22)23/h3-5,11,17H,6-10H2,1-2H3,(H,20,21)(H2,16,22,23). The fourth-order valence-electron chi connectivity index (χ4n) is 3.15. The first-order valence-corrected chi connectivity index (χ1v) is 9.34. The molecule has 0 bridgehead atoms. The number of carbonyl (C=O) groups is 1. The summed E-state index contributed by atoms with van der Waals surface area (Å²) in [5.41, 5.74) is 0.266. The highest BCUT2D eigenvalue weighted by Crippen LogP contribution is 2.34. The number of primary sulfonamides is 1. The summed E-state index contributed by atoms with van der Waals surface area (Å²) in [6.07, 6.45) is 0.807. The van der Waals surface area contributed by atoms with E-state index in [2.05, 4.69) is 10.3 Å². The zero-order valence-electron chi connectivity index (χ0n) is 13.9. The van der Waals surface area contributed by atoms with E-state index in [0.29, 0.717) is 31.2 Å². The molecule has 1 aliphatic rings. The average molecular weight is 356 g/mol. The molecule has 1 aliphatic heterocycles. The summed E-state index contributed by atoms with van der Waals surface area (Å²) in [5, 5.41) is 17.4. The fourth-order valence-corrected chi connectivity index (χ4v) is 3.67. The van der Waals surface area contributed by atoms with E-state index in [-0.39, 0.29) is 10.6 Å². The summed E-state index contributed by atoms with van der Waals surface area (Å²) in [4.78, 5) is 16.7. The maximum absolute atomic E-state index is 11.3. The third-order valence-corrected chi connectivity index (χ3v) is 5.11. The molecule has 24 heavy (non-hydrogen) atoms. The molecule has 0 aliphatic carbocycles. The number of rotatable bonds is 6. The van der Waals surface area contributed by atoms with E-state index < -0.39 is 16.1 Å². The molecule has 1 saturated heterocycles. The molecule has 2 heterocycles. The number of nitrogens with one attached hydrogen (secondary N) is 1. The largest absolute Gasteiger partial charge is 0.465 e. The van der Waals surface area contributed by atoms with Gasteiger partial charge in [-0.1, -0.05) is 6.07 Å². The number of likely N-dealkylation sites (tertiary alicyclic amines) is 1. The molecule has 1 atom stereocenters. The van der Waals surface area contributed by atoms with Crippen LogP contribution in [0.25, 0.3) is 0 Å². The quantitative estimate of drug-likeness (QED) is 0.653. The molecule has 2 rings (SSSR count). The van der Waals surface area contributed by atoms with Crippen LogP contribution in [0.1, 0.15) is 32.4 Å². The van der Waals surface area contributed by atoms with E-state index in [1.165, 1.54) is 11.0 Å². The fraction of sp³-hybridized carbons (Fsp3) is 0.600. The van der Waals surface area contributed by atoms with Crippen LogP contribution in [0.4, 0.5) is 4.79 Å². The summed E-state index contributed by atoms with van der Waals surface area (Å²) in [6, 6.07) is 4.69. The molecular weight excluding hydrogens is 332 g/mol. The van der Waals surface area contributed by atoms with Crippen LogP contribution in [0.5, 0.6) is 0 Å². The minimum Gasteiger partial charge on any atom is -0.465 e. The lowest BCUT2D eigenvalue weighted by Crippen LogP contribution is -2.41. The molecule has 8 nitrogen and oxygen atoms in total. The van der Waals surface area contributed by atoms with Crippen molar-refractivity contribution >= 4 is 16.1 Å². The Hall–Kier alpha value is -1.71. The van der Waals surface area contributed by atoms with Crippen LogP contribution < -0.4 is 10.5 Å². The van der Waals surface area contributed by atoms with Gasteiger partial charge in [0.05, 0.1) is 5.69 Å². The summed E-state index contributed by atoms with van der Waals surface area (Å²) < 4.78 is 22.6. The minimum absolute atomic E-state index is 0.142. The highest BCUT2D eigenvalue weighted by Gasteiger charge is 2.40. The summed E-state index contributed by atoms with van der Waals surface area (Å²) in [6.45, 7) is 5.56. The number of pyridine rings is 1. The maximum Gasteiger partial charge on any atom is 0.407 e. The summed E-state index contributed by atoms with van der Waals surface area (Å²) in [5.74, 6) is 0.312. The Labute approximate surface area is 142 Å². The molecule has 1 unspecified atom stereocenters. The van der Waals surface area contributed by atoms with Crippen molar-refractivity contribution in [2.45, 2.75) is 43.8 Å². The molecule has 1 aromatic heterocycles. The number of nitrogens with zero attached hydrogens (tertiary/aromatic N) is 2. The second-order valence-corrected chi connectivity index (χ2v) is 8.26. The Morgan fingerprint density at radius 3 is 2.79 bits per heavy atom. The van der Waals surface area contributed by atoms with Crippen molar-refractivity contribution < 1.29 is 18.3 Å². The van der Waals surface area contributed by atoms with Gasteiger partial charge >= 0.3 is 6.09 Å². The van der Waals surface area contributed by atoms with E-state index >= 15 is 0 Å². The van der Waals surface area contributed by atoms with Gasteiger partial charge in [0.15, 0.2) is 5.03 Å². The molecule has 1 aromatic rings. The smallest absolute Gasteiger partial charge is 0.407 e. The van der Waals surface area contributed by atoms with Gasteiger partial charge in [0, 0.05) is 18.6 Å². The van der Waals surface area contributed by atoms with Crippen molar-refractivity contribution in [2.24, 2.45) is 11.1 Å². The van der Waals surface area contributed by atoms with Gasteiger partial charge in [0.1, 0.15) is 0 Å². The third-order valence-electron chi connectivity index (χ3n) is 4.30. The SMILES string of the molecule is CC1(C)CC(CCNCc2cccc(S(N)(=O)=O)n2)CN1C(=O)O. The molecule has 1 amide bonds.